The van der Waals surface area contributed by atoms with Crippen molar-refractivity contribution >= 4 is 23.2 Å². The Kier molecular flexibility index (Phi) is 4.90. The van der Waals surface area contributed by atoms with E-state index in [2.05, 4.69) is 10.2 Å². The summed E-state index contributed by atoms with van der Waals surface area (Å²) < 4.78 is 38.4. The van der Waals surface area contributed by atoms with Gasteiger partial charge in [0.25, 0.3) is 5.56 Å². The largest absolute Gasteiger partial charge is 0.416 e. The van der Waals surface area contributed by atoms with Gasteiger partial charge in [0.1, 0.15) is 5.69 Å². The molecule has 1 saturated heterocycles. The maximum atomic E-state index is 12.8. The number of nitrogens with one attached hydrogen (secondary N) is 1. The molecule has 0 bridgehead atoms. The van der Waals surface area contributed by atoms with E-state index < -0.39 is 17.3 Å². The molecule has 0 atom stereocenters. The van der Waals surface area contributed by atoms with E-state index in [-0.39, 0.29) is 36.3 Å². The van der Waals surface area contributed by atoms with Crippen LogP contribution in [0.5, 0.6) is 0 Å². The average Bonchev–Trinajstić information content (AvgIpc) is 2.56. The summed E-state index contributed by atoms with van der Waals surface area (Å²) in [5.41, 5.74) is -0.706. The van der Waals surface area contributed by atoms with E-state index >= 15 is 0 Å². The number of hydrogen-bond donors (Lipinski definition) is 1. The number of H-pyrrole nitrogens is 1. The normalized spacial score (nSPS) is 15.5. The Labute approximate surface area is 151 Å². The molecular formula is C16H14ClF3N4O2. The molecule has 1 aliphatic heterocycles. The highest BCUT2D eigenvalue weighted by atomic mass is 35.5. The van der Waals surface area contributed by atoms with Crippen molar-refractivity contribution in [1.82, 2.24) is 15.1 Å². The molecule has 1 aromatic carbocycles. The number of piperazine rings is 1. The van der Waals surface area contributed by atoms with Crippen LogP contribution < -0.4 is 10.5 Å². The Morgan fingerprint density at radius 3 is 2.65 bits per heavy atom. The van der Waals surface area contributed by atoms with Gasteiger partial charge in [0.2, 0.25) is 5.91 Å². The molecule has 2 heterocycles. The van der Waals surface area contributed by atoms with Crippen LogP contribution in [0.2, 0.25) is 5.02 Å². The van der Waals surface area contributed by atoms with Crippen molar-refractivity contribution in [2.24, 2.45) is 0 Å². The topological polar surface area (TPSA) is 69.3 Å². The summed E-state index contributed by atoms with van der Waals surface area (Å²) in [6.45, 7) is 0.563. The van der Waals surface area contributed by atoms with Crippen LogP contribution in [0.15, 0.2) is 35.3 Å². The van der Waals surface area contributed by atoms with Crippen LogP contribution in [0.4, 0.5) is 18.9 Å². The number of aromatic amines is 1. The van der Waals surface area contributed by atoms with Crippen molar-refractivity contribution in [1.29, 1.82) is 0 Å². The van der Waals surface area contributed by atoms with E-state index in [1.165, 1.54) is 22.1 Å². The first-order valence-electron chi connectivity index (χ1n) is 7.68. The number of amides is 1. The highest BCUT2D eigenvalue weighted by Crippen LogP contribution is 2.30. The summed E-state index contributed by atoms with van der Waals surface area (Å²) in [6.07, 6.45) is -3.16. The molecule has 0 saturated carbocycles. The summed E-state index contributed by atoms with van der Waals surface area (Å²) in [5.74, 6) is -0.305. The van der Waals surface area contributed by atoms with Crippen LogP contribution in [0.3, 0.4) is 0 Å². The van der Waals surface area contributed by atoms with Crippen molar-refractivity contribution in [2.45, 2.75) is 12.7 Å². The minimum absolute atomic E-state index is 0.0665. The SMILES string of the molecule is O=C1CN(c2c(Cl)cn[nH]c2=O)CCN1Cc1cccc(C(F)(F)F)c1. The number of hydrogen-bond acceptors (Lipinski definition) is 4. The van der Waals surface area contributed by atoms with Gasteiger partial charge in [0.05, 0.1) is 23.3 Å². The minimum atomic E-state index is -4.43. The smallest absolute Gasteiger partial charge is 0.355 e. The number of anilines is 1. The molecule has 1 N–H and O–H groups in total. The number of halogens is 4. The summed E-state index contributed by atoms with van der Waals surface area (Å²) in [7, 11) is 0. The molecule has 26 heavy (non-hydrogen) atoms. The summed E-state index contributed by atoms with van der Waals surface area (Å²) >= 11 is 5.98. The lowest BCUT2D eigenvalue weighted by atomic mass is 10.1. The first kappa shape index (κ1) is 18.2. The predicted molar refractivity (Wildman–Crippen MR) is 88.9 cm³/mol. The lowest BCUT2D eigenvalue weighted by molar-refractivity contribution is -0.137. The Morgan fingerprint density at radius 1 is 1.23 bits per heavy atom. The van der Waals surface area contributed by atoms with Gasteiger partial charge >= 0.3 is 6.18 Å². The fourth-order valence-corrected chi connectivity index (χ4v) is 3.05. The molecule has 0 unspecified atom stereocenters. The number of carbonyl (C=O) groups is 1. The molecule has 1 aromatic heterocycles. The van der Waals surface area contributed by atoms with Gasteiger partial charge in [0.15, 0.2) is 0 Å². The van der Waals surface area contributed by atoms with Gasteiger partial charge < -0.3 is 9.80 Å². The van der Waals surface area contributed by atoms with E-state index in [1.54, 1.807) is 6.07 Å². The fraction of sp³-hybridized carbons (Fsp3) is 0.312. The van der Waals surface area contributed by atoms with E-state index in [0.717, 1.165) is 12.1 Å². The van der Waals surface area contributed by atoms with Crippen LogP contribution in [-0.4, -0.2) is 40.6 Å². The lowest BCUT2D eigenvalue weighted by Crippen LogP contribution is -2.51. The van der Waals surface area contributed by atoms with Gasteiger partial charge in [-0.15, -0.1) is 0 Å². The molecule has 1 amide bonds. The van der Waals surface area contributed by atoms with Gasteiger partial charge in [-0.3, -0.25) is 9.59 Å². The summed E-state index contributed by atoms with van der Waals surface area (Å²) in [4.78, 5) is 27.2. The molecule has 0 aliphatic carbocycles. The molecule has 0 radical (unpaired) electrons. The second kappa shape index (κ2) is 6.99. The van der Waals surface area contributed by atoms with Crippen molar-refractivity contribution in [2.75, 3.05) is 24.5 Å². The van der Waals surface area contributed by atoms with Crippen LogP contribution in [-0.2, 0) is 17.5 Å². The monoisotopic (exact) mass is 386 g/mol. The molecule has 0 spiro atoms. The molecule has 2 aromatic rings. The molecular weight excluding hydrogens is 373 g/mol. The number of nitrogens with zero attached hydrogens (tertiary/aromatic N) is 3. The Bertz CT molecular complexity index is 884. The van der Waals surface area contributed by atoms with Crippen LogP contribution in [0.25, 0.3) is 0 Å². The third kappa shape index (κ3) is 3.82. The van der Waals surface area contributed by atoms with Gasteiger partial charge in [0, 0.05) is 19.6 Å². The van der Waals surface area contributed by atoms with Crippen molar-refractivity contribution in [3.63, 3.8) is 0 Å². The standard InChI is InChI=1S/C16H14ClF3N4O2/c17-12-7-21-22-15(26)14(12)24-5-4-23(13(25)9-24)8-10-2-1-3-11(6-10)16(18,19)20/h1-3,6-7H,4-5,8-9H2,(H,22,26). The summed E-state index contributed by atoms with van der Waals surface area (Å²) in [5, 5.41) is 5.97. The number of aromatic nitrogens is 2. The van der Waals surface area contributed by atoms with Crippen LogP contribution >= 0.6 is 11.6 Å². The van der Waals surface area contributed by atoms with E-state index in [4.69, 9.17) is 11.6 Å². The van der Waals surface area contributed by atoms with Gasteiger partial charge in [-0.1, -0.05) is 23.7 Å². The minimum Gasteiger partial charge on any atom is -0.355 e. The Balaban J connectivity index is 1.72. The molecule has 1 aliphatic rings. The lowest BCUT2D eigenvalue weighted by Gasteiger charge is -2.35. The zero-order chi connectivity index (χ0) is 18.9. The van der Waals surface area contributed by atoms with E-state index in [9.17, 15) is 22.8 Å². The van der Waals surface area contributed by atoms with Crippen LogP contribution in [0, 0.1) is 0 Å². The van der Waals surface area contributed by atoms with Crippen molar-refractivity contribution in [3.8, 4) is 0 Å². The third-order valence-electron chi connectivity index (χ3n) is 4.05. The fourth-order valence-electron chi connectivity index (χ4n) is 2.80. The molecule has 3 rings (SSSR count). The zero-order valence-electron chi connectivity index (χ0n) is 13.4. The zero-order valence-corrected chi connectivity index (χ0v) is 14.1. The summed E-state index contributed by atoms with van der Waals surface area (Å²) in [6, 6.07) is 4.87. The second-order valence-corrected chi connectivity index (χ2v) is 6.24. The maximum absolute atomic E-state index is 12.8. The first-order valence-corrected chi connectivity index (χ1v) is 8.05. The number of benzene rings is 1. The molecule has 1 fully saturated rings. The van der Waals surface area contributed by atoms with Crippen molar-refractivity contribution < 1.29 is 18.0 Å². The molecule has 10 heteroatoms. The predicted octanol–water partition coefficient (Wildman–Crippen LogP) is 2.29. The van der Waals surface area contributed by atoms with Gasteiger partial charge in [-0.05, 0) is 17.7 Å². The number of rotatable bonds is 3. The Morgan fingerprint density at radius 2 is 2.00 bits per heavy atom. The van der Waals surface area contributed by atoms with E-state index in [0.29, 0.717) is 12.1 Å². The van der Waals surface area contributed by atoms with Crippen molar-refractivity contribution in [3.05, 3.63) is 57.0 Å². The Hall–Kier alpha value is -2.55. The van der Waals surface area contributed by atoms with Gasteiger partial charge in [-0.2, -0.15) is 18.3 Å². The second-order valence-electron chi connectivity index (χ2n) is 5.83. The van der Waals surface area contributed by atoms with Crippen LogP contribution in [0.1, 0.15) is 11.1 Å². The third-order valence-corrected chi connectivity index (χ3v) is 4.32. The van der Waals surface area contributed by atoms with E-state index in [1.807, 2.05) is 0 Å². The van der Waals surface area contributed by atoms with Gasteiger partial charge in [-0.25, -0.2) is 5.10 Å². The molecule has 6 nitrogen and oxygen atoms in total. The first-order chi connectivity index (χ1) is 12.3. The maximum Gasteiger partial charge on any atom is 0.416 e. The highest BCUT2D eigenvalue weighted by Gasteiger charge is 2.31. The highest BCUT2D eigenvalue weighted by molar-refractivity contribution is 6.33. The average molecular weight is 387 g/mol. The number of carbonyl (C=O) groups excluding carboxylic acids is 1. The quantitative estimate of drug-likeness (QED) is 0.878. The molecule has 138 valence electrons. The number of alkyl halides is 3.